The SMILES string of the molecule is Cc1ncsc1-c1ccc([C@H](C)NC(=O)[C@@H]2C[C@@H](O)CN2C(=O)C(c2cc(N3CCC(CN4CCC(n5nc(NCC(C)(C)O)c6nnc(-c7ccccc7O)cc65)CC4)CC3)no2)C(C)C)cc1. The molecule has 0 bridgehead atoms. The summed E-state index contributed by atoms with van der Waals surface area (Å²) in [5, 5.41) is 56.7. The predicted molar refractivity (Wildman–Crippen MR) is 266 cm³/mol. The maximum Gasteiger partial charge on any atom is 0.243 e. The molecular formula is C51H65N11O6S. The number of anilines is 2. The smallest absolute Gasteiger partial charge is 0.243 e. The number of nitrogens with zero attached hydrogens (tertiary/aromatic N) is 9. The molecule has 4 aromatic heterocycles. The van der Waals surface area contributed by atoms with Gasteiger partial charge in [-0.25, -0.2) is 4.98 Å². The Morgan fingerprint density at radius 2 is 1.71 bits per heavy atom. The fourth-order valence-corrected chi connectivity index (χ4v) is 11.0. The quantitative estimate of drug-likeness (QED) is 0.0707. The monoisotopic (exact) mass is 959 g/mol. The molecule has 5 N–H and O–H groups in total. The van der Waals surface area contributed by atoms with Gasteiger partial charge >= 0.3 is 0 Å². The zero-order valence-electron chi connectivity index (χ0n) is 40.4. The van der Waals surface area contributed by atoms with Crippen LogP contribution in [0, 0.1) is 18.8 Å². The summed E-state index contributed by atoms with van der Waals surface area (Å²) in [6, 6.07) is 18.0. The van der Waals surface area contributed by atoms with Gasteiger partial charge in [0.15, 0.2) is 22.9 Å². The summed E-state index contributed by atoms with van der Waals surface area (Å²) in [4.78, 5) is 40.0. The maximum absolute atomic E-state index is 14.4. The van der Waals surface area contributed by atoms with Gasteiger partial charge in [0.25, 0.3) is 0 Å². The summed E-state index contributed by atoms with van der Waals surface area (Å²) in [5.41, 5.74) is 6.52. The number of phenolic OH excluding ortho intramolecular Hbond substituents is 1. The van der Waals surface area contributed by atoms with E-state index in [-0.39, 0.29) is 48.5 Å². The third kappa shape index (κ3) is 10.6. The van der Waals surface area contributed by atoms with E-state index >= 15 is 0 Å². The lowest BCUT2D eigenvalue weighted by molar-refractivity contribution is -0.141. The molecule has 7 heterocycles. The van der Waals surface area contributed by atoms with Gasteiger partial charge in [-0.15, -0.1) is 21.5 Å². The molecule has 4 atom stereocenters. The Kier molecular flexibility index (Phi) is 14.1. The molecule has 69 heavy (non-hydrogen) atoms. The number of carbonyl (C=O) groups is 2. The summed E-state index contributed by atoms with van der Waals surface area (Å²) in [7, 11) is 0. The molecule has 2 amide bonds. The molecule has 0 spiro atoms. The molecule has 0 saturated carbocycles. The van der Waals surface area contributed by atoms with Crippen molar-refractivity contribution in [1.29, 1.82) is 0 Å². The summed E-state index contributed by atoms with van der Waals surface area (Å²) < 4.78 is 7.99. The second-order valence-electron chi connectivity index (χ2n) is 20.2. The number of nitrogens with one attached hydrogen (secondary N) is 2. The number of phenols is 1. The molecule has 2 aromatic carbocycles. The minimum atomic E-state index is -0.945. The molecular weight excluding hydrogens is 895 g/mol. The number of hydrogen-bond acceptors (Lipinski definition) is 15. The molecule has 366 valence electrons. The Balaban J connectivity index is 0.790. The first-order chi connectivity index (χ1) is 33.1. The van der Waals surface area contributed by atoms with Crippen molar-refractivity contribution in [1.82, 2.24) is 45.2 Å². The number of para-hydroxylation sites is 1. The number of benzene rings is 2. The highest BCUT2D eigenvalue weighted by Crippen LogP contribution is 2.37. The number of rotatable bonds is 15. The van der Waals surface area contributed by atoms with Crippen LogP contribution >= 0.6 is 11.3 Å². The molecule has 6 aromatic rings. The molecule has 18 heteroatoms. The van der Waals surface area contributed by atoms with Crippen molar-refractivity contribution < 1.29 is 29.4 Å². The number of aliphatic hydroxyl groups is 2. The average molecular weight is 960 g/mol. The van der Waals surface area contributed by atoms with Crippen LogP contribution in [0.4, 0.5) is 11.6 Å². The zero-order valence-corrected chi connectivity index (χ0v) is 41.2. The van der Waals surface area contributed by atoms with Crippen LogP contribution in [0.1, 0.15) is 102 Å². The van der Waals surface area contributed by atoms with Gasteiger partial charge in [0.05, 0.1) is 51.1 Å². The molecule has 17 nitrogen and oxygen atoms in total. The Bertz CT molecular complexity index is 2730. The van der Waals surface area contributed by atoms with Crippen LogP contribution in [0.15, 0.2) is 70.7 Å². The number of aryl methyl sites for hydroxylation is 1. The van der Waals surface area contributed by atoms with E-state index < -0.39 is 23.7 Å². The minimum absolute atomic E-state index is 0.0725. The van der Waals surface area contributed by atoms with E-state index in [0.29, 0.717) is 46.6 Å². The average Bonchev–Trinajstić information content (AvgIpc) is 4.15. The number of amides is 2. The van der Waals surface area contributed by atoms with Gasteiger partial charge in [0.2, 0.25) is 11.8 Å². The van der Waals surface area contributed by atoms with Crippen LogP contribution in [0.3, 0.4) is 0 Å². The number of carbonyl (C=O) groups excluding carboxylic acids is 2. The fourth-order valence-electron chi connectivity index (χ4n) is 10.2. The second-order valence-corrected chi connectivity index (χ2v) is 21.1. The Morgan fingerprint density at radius 3 is 2.39 bits per heavy atom. The van der Waals surface area contributed by atoms with Crippen LogP contribution in [0.25, 0.3) is 32.7 Å². The lowest BCUT2D eigenvalue weighted by atomic mass is 9.91. The van der Waals surface area contributed by atoms with Gasteiger partial charge in [-0.2, -0.15) is 5.10 Å². The molecule has 3 saturated heterocycles. The summed E-state index contributed by atoms with van der Waals surface area (Å²) in [6.07, 6.45) is 3.17. The number of fused-ring (bicyclic) bond motifs is 1. The third-order valence-electron chi connectivity index (χ3n) is 14.1. The first-order valence-electron chi connectivity index (χ1n) is 24.3. The van der Waals surface area contributed by atoms with Crippen molar-refractivity contribution >= 4 is 45.8 Å². The van der Waals surface area contributed by atoms with Crippen molar-refractivity contribution in [3.05, 3.63) is 83.2 Å². The number of thiazole rings is 1. The lowest BCUT2D eigenvalue weighted by Crippen LogP contribution is -2.48. The highest BCUT2D eigenvalue weighted by atomic mass is 32.1. The fraction of sp³-hybridized carbons (Fsp3) is 0.510. The topological polar surface area (TPSA) is 211 Å². The first-order valence-corrected chi connectivity index (χ1v) is 25.2. The highest BCUT2D eigenvalue weighted by Gasteiger charge is 2.44. The molecule has 1 unspecified atom stereocenters. The summed E-state index contributed by atoms with van der Waals surface area (Å²) in [6.45, 7) is 16.2. The van der Waals surface area contributed by atoms with Crippen LogP contribution in [-0.4, -0.2) is 131 Å². The lowest BCUT2D eigenvalue weighted by Gasteiger charge is -2.37. The predicted octanol–water partition coefficient (Wildman–Crippen LogP) is 6.93. The summed E-state index contributed by atoms with van der Waals surface area (Å²) >= 11 is 1.60. The van der Waals surface area contributed by atoms with Gasteiger partial charge in [-0.3, -0.25) is 14.3 Å². The Hall–Kier alpha value is -5.95. The molecule has 3 aliphatic rings. The minimum Gasteiger partial charge on any atom is -0.507 e. The molecule has 3 fully saturated rings. The van der Waals surface area contributed by atoms with Crippen LogP contribution in [-0.2, 0) is 9.59 Å². The van der Waals surface area contributed by atoms with E-state index in [9.17, 15) is 24.9 Å². The molecule has 9 rings (SSSR count). The maximum atomic E-state index is 14.4. The van der Waals surface area contributed by atoms with E-state index in [1.54, 1.807) is 37.3 Å². The van der Waals surface area contributed by atoms with E-state index in [1.807, 2.05) is 81.7 Å². The number of piperidine rings is 2. The van der Waals surface area contributed by atoms with E-state index in [4.69, 9.17) is 9.62 Å². The van der Waals surface area contributed by atoms with Crippen LogP contribution < -0.4 is 15.5 Å². The zero-order chi connectivity index (χ0) is 48.6. The van der Waals surface area contributed by atoms with Gasteiger partial charge in [0, 0.05) is 63.9 Å². The second kappa shape index (κ2) is 20.2. The Morgan fingerprint density at radius 1 is 0.971 bits per heavy atom. The standard InChI is InChI=1S/C51H65N11O6S/c1-30(2)45(50(66)61-27-37(63)23-41(61)49(65)54-31(3)34-11-13-35(14-12-34)47-32(4)53-29-69-47)43-25-44(58-68-43)60-21-15-33(16-22-60)26-59-19-17-36(18-20-59)62-40-24-39(38-9-7-8-10-42(38)64)55-56-46(40)48(57-62)52-28-51(5,6)67/h7-14,24-25,29-31,33,36-37,41,45,63-64,67H,15-23,26-28H2,1-6H3,(H,52,57)(H,54,65)/t31-,37+,41-,45?/m0/s1. The van der Waals surface area contributed by atoms with Gasteiger partial charge in [0.1, 0.15) is 17.7 Å². The number of likely N-dealkylation sites (tertiary alicyclic amines) is 2. The number of aromatic nitrogens is 6. The van der Waals surface area contributed by atoms with Crippen molar-refractivity contribution in [2.75, 3.05) is 56.0 Å². The molecule has 0 aliphatic carbocycles. The third-order valence-corrected chi connectivity index (χ3v) is 15.1. The van der Waals surface area contributed by atoms with E-state index in [2.05, 4.69) is 45.5 Å². The normalized spacial score (nSPS) is 19.7. The number of hydrogen-bond donors (Lipinski definition) is 5. The van der Waals surface area contributed by atoms with Crippen molar-refractivity contribution in [2.45, 2.75) is 109 Å². The van der Waals surface area contributed by atoms with Gasteiger partial charge < -0.3 is 45.2 Å². The number of aromatic hydroxyl groups is 1. The summed E-state index contributed by atoms with van der Waals surface area (Å²) in [5.74, 6) is 1.05. The van der Waals surface area contributed by atoms with Gasteiger partial charge in [-0.05, 0) is 94.5 Å². The highest BCUT2D eigenvalue weighted by molar-refractivity contribution is 7.13. The van der Waals surface area contributed by atoms with Crippen molar-refractivity contribution in [3.8, 4) is 27.4 Å². The van der Waals surface area contributed by atoms with Crippen molar-refractivity contribution in [3.63, 3.8) is 0 Å². The van der Waals surface area contributed by atoms with Gasteiger partial charge in [-0.1, -0.05) is 55.4 Å². The Labute approximate surface area is 406 Å². The number of aliphatic hydroxyl groups excluding tert-OH is 1. The molecule has 0 radical (unpaired) electrons. The van der Waals surface area contributed by atoms with Crippen LogP contribution in [0.5, 0.6) is 5.75 Å². The van der Waals surface area contributed by atoms with Crippen LogP contribution in [0.2, 0.25) is 0 Å². The largest absolute Gasteiger partial charge is 0.507 e. The van der Waals surface area contributed by atoms with Crippen molar-refractivity contribution in [2.24, 2.45) is 11.8 Å². The first kappa shape index (κ1) is 48.1. The van der Waals surface area contributed by atoms with E-state index in [0.717, 1.165) is 85.6 Å². The molecule has 3 aliphatic heterocycles. The van der Waals surface area contributed by atoms with E-state index in [1.165, 1.54) is 4.90 Å². The number of β-amino-alcohol motifs (C(OH)–C–C–N with tert-alkyl or cyclic N) is 1.